The number of rotatable bonds is 4. The van der Waals surface area contributed by atoms with Crippen molar-refractivity contribution in [3.8, 4) is 0 Å². The Balaban J connectivity index is 0. The molecule has 0 saturated heterocycles. The third kappa shape index (κ3) is 9.18. The predicted molar refractivity (Wildman–Crippen MR) is 56.1 cm³/mol. The molecule has 0 spiro atoms. The standard InChI is InChI=1S/C9H14O.C2H6/c1-3-5-6-9(4-2)7-8-10;1-2/h3-6,10H,1,7-8H2,2H3;1-2H3/b6-5-,9-4+;. The molecule has 0 aromatic rings. The Morgan fingerprint density at radius 2 is 2.00 bits per heavy atom. The average Bonchev–Trinajstić information content (AvgIpc) is 2.15. The topological polar surface area (TPSA) is 20.2 Å². The highest BCUT2D eigenvalue weighted by atomic mass is 16.2. The van der Waals surface area contributed by atoms with Crippen molar-refractivity contribution in [2.75, 3.05) is 6.61 Å². The smallest absolute Gasteiger partial charge is 0.0471 e. The maximum atomic E-state index is 8.57. The fraction of sp³-hybridized carbons (Fsp3) is 0.455. The van der Waals surface area contributed by atoms with Crippen molar-refractivity contribution in [1.29, 1.82) is 0 Å². The van der Waals surface area contributed by atoms with Crippen molar-refractivity contribution in [3.05, 3.63) is 36.5 Å². The average molecular weight is 168 g/mol. The number of aliphatic hydroxyl groups excluding tert-OH is 1. The molecule has 0 aromatic carbocycles. The van der Waals surface area contributed by atoms with Crippen LogP contribution in [0, 0.1) is 0 Å². The van der Waals surface area contributed by atoms with Gasteiger partial charge in [-0.1, -0.05) is 50.3 Å². The van der Waals surface area contributed by atoms with E-state index in [4.69, 9.17) is 5.11 Å². The van der Waals surface area contributed by atoms with Gasteiger partial charge in [0.1, 0.15) is 0 Å². The summed E-state index contributed by atoms with van der Waals surface area (Å²) >= 11 is 0. The van der Waals surface area contributed by atoms with Gasteiger partial charge >= 0.3 is 0 Å². The zero-order valence-electron chi connectivity index (χ0n) is 8.38. The maximum absolute atomic E-state index is 8.57. The lowest BCUT2D eigenvalue weighted by molar-refractivity contribution is 0.300. The van der Waals surface area contributed by atoms with Crippen LogP contribution in [-0.4, -0.2) is 11.7 Å². The van der Waals surface area contributed by atoms with E-state index in [0.717, 1.165) is 12.0 Å². The summed E-state index contributed by atoms with van der Waals surface area (Å²) in [4.78, 5) is 0. The highest BCUT2D eigenvalue weighted by Crippen LogP contribution is 2.01. The molecule has 0 rings (SSSR count). The van der Waals surface area contributed by atoms with E-state index >= 15 is 0 Å². The lowest BCUT2D eigenvalue weighted by Gasteiger charge is -1.94. The van der Waals surface area contributed by atoms with Crippen LogP contribution in [0.4, 0.5) is 0 Å². The highest BCUT2D eigenvalue weighted by molar-refractivity contribution is 5.20. The summed E-state index contributed by atoms with van der Waals surface area (Å²) in [5, 5.41) is 8.57. The van der Waals surface area contributed by atoms with Crippen LogP contribution in [-0.2, 0) is 0 Å². The molecule has 12 heavy (non-hydrogen) atoms. The van der Waals surface area contributed by atoms with Crippen LogP contribution in [0.1, 0.15) is 27.2 Å². The Hall–Kier alpha value is -0.820. The predicted octanol–water partition coefficient (Wildman–Crippen LogP) is 3.08. The molecule has 0 saturated carbocycles. The van der Waals surface area contributed by atoms with Gasteiger partial charge in [-0.05, 0) is 13.3 Å². The third-order valence-corrected chi connectivity index (χ3v) is 1.22. The van der Waals surface area contributed by atoms with Crippen LogP contribution in [0.15, 0.2) is 36.5 Å². The highest BCUT2D eigenvalue weighted by Gasteiger charge is 1.86. The van der Waals surface area contributed by atoms with E-state index in [1.807, 2.05) is 39.0 Å². The molecule has 0 unspecified atom stereocenters. The van der Waals surface area contributed by atoms with Crippen LogP contribution in [0.2, 0.25) is 0 Å². The molecule has 0 bridgehead atoms. The normalized spacial score (nSPS) is 10.8. The van der Waals surface area contributed by atoms with Gasteiger partial charge in [-0.2, -0.15) is 0 Å². The molecule has 0 atom stereocenters. The monoisotopic (exact) mass is 168 g/mol. The minimum absolute atomic E-state index is 0.209. The van der Waals surface area contributed by atoms with Crippen molar-refractivity contribution in [1.82, 2.24) is 0 Å². The van der Waals surface area contributed by atoms with Gasteiger partial charge in [-0.3, -0.25) is 0 Å². The molecule has 0 heterocycles. The summed E-state index contributed by atoms with van der Waals surface area (Å²) < 4.78 is 0. The molecule has 1 nitrogen and oxygen atoms in total. The summed E-state index contributed by atoms with van der Waals surface area (Å²) in [5.74, 6) is 0. The second kappa shape index (κ2) is 12.8. The van der Waals surface area contributed by atoms with Gasteiger partial charge in [-0.15, -0.1) is 0 Å². The molecule has 0 aromatic heterocycles. The minimum atomic E-state index is 0.209. The largest absolute Gasteiger partial charge is 0.396 e. The van der Waals surface area contributed by atoms with Crippen LogP contribution in [0.25, 0.3) is 0 Å². The molecule has 0 amide bonds. The number of hydrogen-bond acceptors (Lipinski definition) is 1. The Morgan fingerprint density at radius 3 is 2.33 bits per heavy atom. The molecule has 1 heteroatoms. The first-order valence-electron chi connectivity index (χ1n) is 4.40. The molecule has 0 fully saturated rings. The van der Waals surface area contributed by atoms with E-state index < -0.39 is 0 Å². The summed E-state index contributed by atoms with van der Waals surface area (Å²) in [6.45, 7) is 9.72. The molecule has 0 aliphatic carbocycles. The van der Waals surface area contributed by atoms with Gasteiger partial charge < -0.3 is 5.11 Å². The fourth-order valence-corrected chi connectivity index (χ4v) is 0.645. The van der Waals surface area contributed by atoms with Crippen LogP contribution in [0.5, 0.6) is 0 Å². The lowest BCUT2D eigenvalue weighted by Crippen LogP contribution is -1.83. The fourth-order valence-electron chi connectivity index (χ4n) is 0.645. The Bertz CT molecular complexity index is 143. The van der Waals surface area contributed by atoms with Crippen molar-refractivity contribution < 1.29 is 5.11 Å². The first-order valence-corrected chi connectivity index (χ1v) is 4.40. The van der Waals surface area contributed by atoms with E-state index in [1.165, 1.54) is 0 Å². The van der Waals surface area contributed by atoms with Gasteiger partial charge in [0.2, 0.25) is 0 Å². The zero-order valence-corrected chi connectivity index (χ0v) is 8.38. The Morgan fingerprint density at radius 1 is 1.42 bits per heavy atom. The van der Waals surface area contributed by atoms with E-state index in [1.54, 1.807) is 6.08 Å². The number of aliphatic hydroxyl groups is 1. The van der Waals surface area contributed by atoms with E-state index in [9.17, 15) is 0 Å². The molecular weight excluding hydrogens is 148 g/mol. The first kappa shape index (κ1) is 13.7. The molecule has 0 aliphatic heterocycles. The molecule has 70 valence electrons. The second-order valence-corrected chi connectivity index (χ2v) is 1.93. The SMILES string of the molecule is C=C/C=C\C(=C/C)CCO.CC. The molecule has 1 N–H and O–H groups in total. The number of hydrogen-bond donors (Lipinski definition) is 1. The summed E-state index contributed by atoms with van der Waals surface area (Å²) in [5.41, 5.74) is 1.14. The van der Waals surface area contributed by atoms with E-state index in [-0.39, 0.29) is 6.61 Å². The van der Waals surface area contributed by atoms with Crippen LogP contribution >= 0.6 is 0 Å². The molecular formula is C11H20O. The van der Waals surface area contributed by atoms with Crippen molar-refractivity contribution in [2.24, 2.45) is 0 Å². The van der Waals surface area contributed by atoms with E-state index in [2.05, 4.69) is 6.58 Å². The van der Waals surface area contributed by atoms with Crippen molar-refractivity contribution in [3.63, 3.8) is 0 Å². The van der Waals surface area contributed by atoms with Crippen LogP contribution < -0.4 is 0 Å². The summed E-state index contributed by atoms with van der Waals surface area (Å²) in [6.07, 6.45) is 8.24. The maximum Gasteiger partial charge on any atom is 0.0471 e. The third-order valence-electron chi connectivity index (χ3n) is 1.22. The minimum Gasteiger partial charge on any atom is -0.396 e. The van der Waals surface area contributed by atoms with Crippen LogP contribution in [0.3, 0.4) is 0 Å². The van der Waals surface area contributed by atoms with Gasteiger partial charge in [0.25, 0.3) is 0 Å². The van der Waals surface area contributed by atoms with Gasteiger partial charge in [0, 0.05) is 6.61 Å². The first-order chi connectivity index (χ1) is 5.85. The molecule has 0 aliphatic rings. The van der Waals surface area contributed by atoms with E-state index in [0.29, 0.717) is 0 Å². The quantitative estimate of drug-likeness (QED) is 0.639. The summed E-state index contributed by atoms with van der Waals surface area (Å²) in [6, 6.07) is 0. The Kier molecular flexibility index (Phi) is 14.7. The van der Waals surface area contributed by atoms with Gasteiger partial charge in [0.05, 0.1) is 0 Å². The summed E-state index contributed by atoms with van der Waals surface area (Å²) in [7, 11) is 0. The van der Waals surface area contributed by atoms with Crippen molar-refractivity contribution >= 4 is 0 Å². The van der Waals surface area contributed by atoms with Gasteiger partial charge in [-0.25, -0.2) is 0 Å². The zero-order chi connectivity index (χ0) is 9.82. The van der Waals surface area contributed by atoms with Gasteiger partial charge in [0.15, 0.2) is 0 Å². The lowest BCUT2D eigenvalue weighted by atomic mass is 10.2. The number of allylic oxidation sites excluding steroid dienone is 4. The Labute approximate surface area is 76.1 Å². The molecule has 0 radical (unpaired) electrons. The second-order valence-electron chi connectivity index (χ2n) is 1.93. The van der Waals surface area contributed by atoms with Crippen molar-refractivity contribution in [2.45, 2.75) is 27.2 Å².